The van der Waals surface area contributed by atoms with Crippen molar-refractivity contribution in [3.63, 3.8) is 0 Å². The summed E-state index contributed by atoms with van der Waals surface area (Å²) in [6.45, 7) is 2.47. The third-order valence-corrected chi connectivity index (χ3v) is 6.31. The van der Waals surface area contributed by atoms with Crippen molar-refractivity contribution in [1.82, 2.24) is 9.55 Å². The fourth-order valence-corrected chi connectivity index (χ4v) is 4.15. The van der Waals surface area contributed by atoms with Crippen LogP contribution in [0.15, 0.2) is 15.8 Å². The van der Waals surface area contributed by atoms with Gasteiger partial charge in [0.05, 0.1) is 19.4 Å². The summed E-state index contributed by atoms with van der Waals surface area (Å²) in [7, 11) is -4.49. The molecule has 3 N–H and O–H groups in total. The number of aromatic amines is 1. The lowest BCUT2D eigenvalue weighted by atomic mass is 9.91. The number of aromatic nitrogens is 2. The largest absolute Gasteiger partial charge is 0.472 e. The van der Waals surface area contributed by atoms with Crippen molar-refractivity contribution in [3.05, 3.63) is 32.9 Å². The number of aliphatic hydroxyl groups is 1. The normalized spacial score (nSPS) is 25.0. The van der Waals surface area contributed by atoms with Gasteiger partial charge in [0.2, 0.25) is 5.82 Å². The zero-order valence-electron chi connectivity index (χ0n) is 18.1. The van der Waals surface area contributed by atoms with E-state index in [1.54, 1.807) is 4.98 Å². The van der Waals surface area contributed by atoms with Crippen molar-refractivity contribution in [2.75, 3.05) is 13.2 Å². The number of ketones is 1. The average molecular weight is 480 g/mol. The summed E-state index contributed by atoms with van der Waals surface area (Å²) in [6, 6.07) is 0. The van der Waals surface area contributed by atoms with Crippen LogP contribution in [0, 0.1) is 5.82 Å². The maximum absolute atomic E-state index is 13.6. The first-order valence-electron chi connectivity index (χ1n) is 10.5. The molecule has 1 aliphatic heterocycles. The molecule has 1 aliphatic rings. The van der Waals surface area contributed by atoms with Crippen LogP contribution >= 0.6 is 7.82 Å². The quantitative estimate of drug-likeness (QED) is 0.283. The zero-order valence-corrected chi connectivity index (χ0v) is 19.0. The standard InChI is InChI=1S/C19H30FN2O9P/c1-3-4-5-6-7-8-9-29-32(27,28)30-12-15-19(26,13(2)23)10-16(31-15)22-11-14(20)17(24)21-18(22)25/h11,15-16,26H,3-10,12H2,1-2H3,(H,27,28)(H,21,24,25)/t15-,16-,19-/m1/s1. The Morgan fingerprint density at radius 3 is 2.62 bits per heavy atom. The van der Waals surface area contributed by atoms with Crippen LogP contribution in [0.25, 0.3) is 0 Å². The number of Topliss-reactive ketones (excluding diaryl/α,β-unsaturated/α-hetero) is 1. The number of nitrogens with zero attached hydrogens (tertiary/aromatic N) is 1. The number of carbonyl (C=O) groups is 1. The number of ether oxygens (including phenoxy) is 1. The Morgan fingerprint density at radius 1 is 1.31 bits per heavy atom. The van der Waals surface area contributed by atoms with Crippen molar-refractivity contribution in [2.45, 2.75) is 76.7 Å². The highest BCUT2D eigenvalue weighted by Gasteiger charge is 2.52. The number of phosphoric ester groups is 1. The summed E-state index contributed by atoms with van der Waals surface area (Å²) in [4.78, 5) is 46.8. The first-order chi connectivity index (χ1) is 15.0. The highest BCUT2D eigenvalue weighted by Crippen LogP contribution is 2.46. The summed E-state index contributed by atoms with van der Waals surface area (Å²) < 4.78 is 41.7. The van der Waals surface area contributed by atoms with Crippen molar-refractivity contribution < 1.29 is 37.5 Å². The number of nitrogens with one attached hydrogen (secondary N) is 1. The summed E-state index contributed by atoms with van der Waals surface area (Å²) in [5, 5.41) is 10.7. The third-order valence-electron chi connectivity index (χ3n) is 5.33. The first-order valence-corrected chi connectivity index (χ1v) is 12.0. The van der Waals surface area contributed by atoms with Crippen LogP contribution in [0.2, 0.25) is 0 Å². The Balaban J connectivity index is 1.98. The van der Waals surface area contributed by atoms with Crippen molar-refractivity contribution in [1.29, 1.82) is 0 Å². The molecule has 0 aliphatic carbocycles. The number of carbonyl (C=O) groups excluding carboxylic acids is 1. The molecule has 1 unspecified atom stereocenters. The van der Waals surface area contributed by atoms with Crippen LogP contribution in [-0.2, 0) is 23.1 Å². The molecule has 2 heterocycles. The molecule has 0 radical (unpaired) electrons. The number of rotatable bonds is 13. The van der Waals surface area contributed by atoms with Crippen LogP contribution in [0.4, 0.5) is 4.39 Å². The lowest BCUT2D eigenvalue weighted by Crippen LogP contribution is -2.47. The molecule has 13 heteroatoms. The summed E-state index contributed by atoms with van der Waals surface area (Å²) in [6.07, 6.45) is 3.08. The molecular formula is C19H30FN2O9P. The van der Waals surface area contributed by atoms with Gasteiger partial charge in [0, 0.05) is 6.42 Å². The second-order valence-electron chi connectivity index (χ2n) is 7.77. The van der Waals surface area contributed by atoms with Crippen LogP contribution in [-0.4, -0.2) is 50.3 Å². The molecule has 182 valence electrons. The van der Waals surface area contributed by atoms with Gasteiger partial charge >= 0.3 is 13.5 Å². The van der Waals surface area contributed by atoms with E-state index >= 15 is 0 Å². The summed E-state index contributed by atoms with van der Waals surface area (Å²) >= 11 is 0. The first kappa shape index (κ1) is 26.6. The van der Waals surface area contributed by atoms with Crippen molar-refractivity contribution in [3.8, 4) is 0 Å². The average Bonchev–Trinajstić information content (AvgIpc) is 3.06. The van der Waals surface area contributed by atoms with Gasteiger partial charge in [-0.15, -0.1) is 0 Å². The summed E-state index contributed by atoms with van der Waals surface area (Å²) in [5.41, 5.74) is -4.41. The molecule has 1 aromatic rings. The zero-order chi connectivity index (χ0) is 23.9. The van der Waals surface area contributed by atoms with Gasteiger partial charge in [0.1, 0.15) is 12.3 Å². The highest BCUT2D eigenvalue weighted by molar-refractivity contribution is 7.47. The molecule has 32 heavy (non-hydrogen) atoms. The number of halogens is 1. The summed E-state index contributed by atoms with van der Waals surface area (Å²) in [5.74, 6) is -2.01. The van der Waals surface area contributed by atoms with E-state index in [1.807, 2.05) is 0 Å². The molecule has 2 rings (SSSR count). The lowest BCUT2D eigenvalue weighted by Gasteiger charge is -2.25. The third kappa shape index (κ3) is 6.90. The lowest BCUT2D eigenvalue weighted by molar-refractivity contribution is -0.144. The Morgan fingerprint density at radius 2 is 1.97 bits per heavy atom. The molecule has 1 aromatic heterocycles. The maximum atomic E-state index is 13.6. The fourth-order valence-electron chi connectivity index (χ4n) is 3.40. The minimum atomic E-state index is -4.49. The number of phosphoric acid groups is 1. The molecule has 4 atom stereocenters. The van der Waals surface area contributed by atoms with E-state index in [1.165, 1.54) is 0 Å². The number of H-pyrrole nitrogens is 1. The second-order valence-corrected chi connectivity index (χ2v) is 9.23. The SMILES string of the molecule is CCCCCCCCOP(=O)(O)OC[C@H]1O[C@@H](n2cc(F)c(=O)[nH]c2=O)C[C@@]1(O)C(C)=O. The molecule has 0 aromatic carbocycles. The van der Waals surface area contributed by atoms with E-state index in [2.05, 4.69) is 6.92 Å². The van der Waals surface area contributed by atoms with Crippen LogP contribution in [0.3, 0.4) is 0 Å². The van der Waals surface area contributed by atoms with Gasteiger partial charge in [-0.25, -0.2) is 9.36 Å². The van der Waals surface area contributed by atoms with Crippen LogP contribution in [0.5, 0.6) is 0 Å². The second kappa shape index (κ2) is 11.4. The van der Waals surface area contributed by atoms with E-state index in [4.69, 9.17) is 13.8 Å². The van der Waals surface area contributed by atoms with E-state index in [-0.39, 0.29) is 6.61 Å². The Bertz CT molecular complexity index is 949. The van der Waals surface area contributed by atoms with Gasteiger partial charge in [0.25, 0.3) is 5.56 Å². The van der Waals surface area contributed by atoms with E-state index in [0.717, 1.165) is 39.0 Å². The number of hydrogen-bond donors (Lipinski definition) is 3. The van der Waals surface area contributed by atoms with E-state index in [0.29, 0.717) is 17.2 Å². The molecule has 0 bridgehead atoms. The van der Waals surface area contributed by atoms with Crippen molar-refractivity contribution >= 4 is 13.6 Å². The topological polar surface area (TPSA) is 157 Å². The molecule has 1 fully saturated rings. The molecule has 0 spiro atoms. The van der Waals surface area contributed by atoms with Crippen LogP contribution < -0.4 is 11.2 Å². The van der Waals surface area contributed by atoms with Gasteiger partial charge in [-0.05, 0) is 13.3 Å². The van der Waals surface area contributed by atoms with Gasteiger partial charge in [-0.2, -0.15) is 4.39 Å². The van der Waals surface area contributed by atoms with Crippen molar-refractivity contribution in [2.24, 2.45) is 0 Å². The monoisotopic (exact) mass is 480 g/mol. The van der Waals surface area contributed by atoms with Gasteiger partial charge in [0.15, 0.2) is 11.4 Å². The molecule has 0 saturated carbocycles. The predicted molar refractivity (Wildman–Crippen MR) is 111 cm³/mol. The Hall–Kier alpha value is -1.69. The van der Waals surface area contributed by atoms with E-state index in [9.17, 15) is 33.3 Å². The van der Waals surface area contributed by atoms with Gasteiger partial charge < -0.3 is 14.7 Å². The molecular weight excluding hydrogens is 450 g/mol. The predicted octanol–water partition coefficient (Wildman–Crippen LogP) is 1.78. The maximum Gasteiger partial charge on any atom is 0.472 e. The minimum absolute atomic E-state index is 0.00290. The highest BCUT2D eigenvalue weighted by atomic mass is 31.2. The molecule has 11 nitrogen and oxygen atoms in total. The minimum Gasteiger partial charge on any atom is -0.379 e. The fraction of sp³-hybridized carbons (Fsp3) is 0.737. The molecule has 0 amide bonds. The van der Waals surface area contributed by atoms with Crippen LogP contribution in [0.1, 0.15) is 65.0 Å². The smallest absolute Gasteiger partial charge is 0.379 e. The molecule has 1 saturated heterocycles. The van der Waals surface area contributed by atoms with Gasteiger partial charge in [-0.1, -0.05) is 39.0 Å². The van der Waals surface area contributed by atoms with Gasteiger partial charge in [-0.3, -0.25) is 28.2 Å². The number of hydrogen-bond acceptors (Lipinski definition) is 8. The number of unbranched alkanes of at least 4 members (excludes halogenated alkanes) is 5. The van der Waals surface area contributed by atoms with E-state index < -0.39 is 61.6 Å². The Kier molecular flexibility index (Phi) is 9.50. The Labute approximate surface area is 184 Å².